The van der Waals surface area contributed by atoms with Gasteiger partial charge in [-0.25, -0.2) is 0 Å². The van der Waals surface area contributed by atoms with Gasteiger partial charge in [-0.2, -0.15) is 0 Å². The van der Waals surface area contributed by atoms with Gasteiger partial charge in [0, 0.05) is 13.0 Å². The van der Waals surface area contributed by atoms with Gasteiger partial charge in [-0.15, -0.1) is 0 Å². The predicted octanol–water partition coefficient (Wildman–Crippen LogP) is 1.81. The van der Waals surface area contributed by atoms with Crippen molar-refractivity contribution < 1.29 is 9.53 Å². The molecule has 0 aromatic heterocycles. The van der Waals surface area contributed by atoms with Crippen LogP contribution in [0, 0.1) is 0 Å². The third-order valence-corrected chi connectivity index (χ3v) is 2.94. The highest BCUT2D eigenvalue weighted by Crippen LogP contribution is 2.25. The van der Waals surface area contributed by atoms with Gasteiger partial charge in [0.2, 0.25) is 5.91 Å². The number of ether oxygens (including phenoxy) is 1. The van der Waals surface area contributed by atoms with Gasteiger partial charge in [0.15, 0.2) is 0 Å². The van der Waals surface area contributed by atoms with Crippen LogP contribution in [0.4, 0.5) is 0 Å². The van der Waals surface area contributed by atoms with Gasteiger partial charge in [-0.3, -0.25) is 4.79 Å². The normalized spacial score (nSPS) is 10.2. The zero-order valence-electron chi connectivity index (χ0n) is 9.83. The van der Waals surface area contributed by atoms with E-state index in [1.165, 1.54) is 0 Å². The maximum absolute atomic E-state index is 10.5. The highest BCUT2D eigenvalue weighted by molar-refractivity contribution is 9.10. The Labute approximate surface area is 110 Å². The number of hydrogen-bond donors (Lipinski definition) is 2. The lowest BCUT2D eigenvalue weighted by atomic mass is 10.2. The van der Waals surface area contributed by atoms with Crippen LogP contribution >= 0.6 is 15.9 Å². The number of halogens is 1. The third-order valence-electron chi connectivity index (χ3n) is 2.32. The van der Waals surface area contributed by atoms with Crippen LogP contribution in [0.25, 0.3) is 0 Å². The van der Waals surface area contributed by atoms with Crippen LogP contribution in [0.2, 0.25) is 0 Å². The molecule has 0 spiro atoms. The number of rotatable bonds is 7. The van der Waals surface area contributed by atoms with Crippen molar-refractivity contribution >= 4 is 21.8 Å². The number of benzene rings is 1. The van der Waals surface area contributed by atoms with Crippen molar-refractivity contribution in [1.29, 1.82) is 0 Å². The van der Waals surface area contributed by atoms with Crippen molar-refractivity contribution in [3.63, 3.8) is 0 Å². The summed E-state index contributed by atoms with van der Waals surface area (Å²) in [5, 5.41) is 3.25. The van der Waals surface area contributed by atoms with Crippen LogP contribution in [0.3, 0.4) is 0 Å². The number of carbonyl (C=O) groups is 1. The van der Waals surface area contributed by atoms with Gasteiger partial charge >= 0.3 is 0 Å². The van der Waals surface area contributed by atoms with E-state index in [0.29, 0.717) is 6.42 Å². The number of methoxy groups -OCH3 is 1. The fraction of sp³-hybridized carbons (Fsp3) is 0.417. The summed E-state index contributed by atoms with van der Waals surface area (Å²) in [5.74, 6) is 0.571. The molecule has 94 valence electrons. The molecule has 1 aromatic carbocycles. The van der Waals surface area contributed by atoms with Gasteiger partial charge in [0.25, 0.3) is 0 Å². The number of carbonyl (C=O) groups excluding carboxylic acids is 1. The quantitative estimate of drug-likeness (QED) is 0.755. The molecule has 0 heterocycles. The Morgan fingerprint density at radius 2 is 2.29 bits per heavy atom. The lowest BCUT2D eigenvalue weighted by Gasteiger charge is -2.07. The van der Waals surface area contributed by atoms with Gasteiger partial charge < -0.3 is 15.8 Å². The summed E-state index contributed by atoms with van der Waals surface area (Å²) in [7, 11) is 1.64. The number of amides is 1. The maximum atomic E-state index is 10.5. The maximum Gasteiger partial charge on any atom is 0.217 e. The smallest absolute Gasteiger partial charge is 0.217 e. The molecule has 0 aliphatic carbocycles. The molecule has 1 aromatic rings. The molecule has 0 aliphatic heterocycles. The Bertz CT molecular complexity index is 383. The molecule has 1 rings (SSSR count). The number of nitrogens with one attached hydrogen (secondary N) is 1. The van der Waals surface area contributed by atoms with Gasteiger partial charge in [0.05, 0.1) is 11.6 Å². The fourth-order valence-corrected chi connectivity index (χ4v) is 2.03. The summed E-state index contributed by atoms with van der Waals surface area (Å²) in [4.78, 5) is 10.5. The first-order chi connectivity index (χ1) is 8.13. The van der Waals surface area contributed by atoms with Crippen molar-refractivity contribution in [3.8, 4) is 5.75 Å². The topological polar surface area (TPSA) is 64.3 Å². The van der Waals surface area contributed by atoms with E-state index in [2.05, 4.69) is 21.2 Å². The molecular weight excluding hydrogens is 284 g/mol. The van der Waals surface area contributed by atoms with Crippen LogP contribution in [0.5, 0.6) is 5.75 Å². The second-order valence-electron chi connectivity index (χ2n) is 3.72. The predicted molar refractivity (Wildman–Crippen MR) is 70.8 cm³/mol. The highest BCUT2D eigenvalue weighted by Gasteiger charge is 2.01. The Balaban J connectivity index is 2.32. The van der Waals surface area contributed by atoms with Gasteiger partial charge in [0.1, 0.15) is 5.75 Å². The first kappa shape index (κ1) is 14.0. The lowest BCUT2D eigenvalue weighted by Crippen LogP contribution is -2.18. The van der Waals surface area contributed by atoms with Crippen LogP contribution in [0.1, 0.15) is 18.4 Å². The summed E-state index contributed by atoms with van der Waals surface area (Å²) < 4.78 is 6.09. The number of hydrogen-bond acceptors (Lipinski definition) is 3. The Morgan fingerprint density at radius 3 is 2.88 bits per heavy atom. The first-order valence-corrected chi connectivity index (χ1v) is 6.24. The molecule has 5 heteroatoms. The van der Waals surface area contributed by atoms with Crippen LogP contribution in [-0.2, 0) is 11.3 Å². The SMILES string of the molecule is COc1ccc(CNCCCC(N)=O)cc1Br. The lowest BCUT2D eigenvalue weighted by molar-refractivity contribution is -0.118. The van der Waals surface area contributed by atoms with E-state index in [9.17, 15) is 4.79 Å². The standard InChI is InChI=1S/C12H17BrN2O2/c1-17-11-5-4-9(7-10(11)13)8-15-6-2-3-12(14)16/h4-5,7,15H,2-3,6,8H2,1H3,(H2,14,16). The number of nitrogens with two attached hydrogens (primary N) is 1. The number of primary amides is 1. The van der Waals surface area contributed by atoms with Crippen LogP contribution < -0.4 is 15.8 Å². The Hall–Kier alpha value is -1.07. The van der Waals surface area contributed by atoms with Crippen molar-refractivity contribution in [2.24, 2.45) is 5.73 Å². The molecule has 0 fully saturated rings. The zero-order valence-corrected chi connectivity index (χ0v) is 11.4. The van der Waals surface area contributed by atoms with E-state index in [-0.39, 0.29) is 5.91 Å². The van der Waals surface area contributed by atoms with E-state index >= 15 is 0 Å². The van der Waals surface area contributed by atoms with Crippen molar-refractivity contribution in [3.05, 3.63) is 28.2 Å². The first-order valence-electron chi connectivity index (χ1n) is 5.45. The molecule has 0 radical (unpaired) electrons. The molecule has 4 nitrogen and oxygen atoms in total. The van der Waals surface area contributed by atoms with Gasteiger partial charge in [-0.1, -0.05) is 6.07 Å². The molecule has 0 unspecified atom stereocenters. The third kappa shape index (κ3) is 5.19. The van der Waals surface area contributed by atoms with Crippen LogP contribution in [-0.4, -0.2) is 19.6 Å². The second-order valence-corrected chi connectivity index (χ2v) is 4.57. The van der Waals surface area contributed by atoms with Crippen molar-refractivity contribution in [1.82, 2.24) is 5.32 Å². The average molecular weight is 301 g/mol. The summed E-state index contributed by atoms with van der Waals surface area (Å²) >= 11 is 3.44. The minimum atomic E-state index is -0.251. The molecule has 0 bridgehead atoms. The fourth-order valence-electron chi connectivity index (χ4n) is 1.44. The molecule has 0 atom stereocenters. The van der Waals surface area contributed by atoms with E-state index < -0.39 is 0 Å². The minimum Gasteiger partial charge on any atom is -0.496 e. The molecule has 0 aliphatic rings. The van der Waals surface area contributed by atoms with E-state index in [1.807, 2.05) is 18.2 Å². The zero-order chi connectivity index (χ0) is 12.7. The molecule has 1 amide bonds. The van der Waals surface area contributed by atoms with Crippen molar-refractivity contribution in [2.45, 2.75) is 19.4 Å². The molecule has 17 heavy (non-hydrogen) atoms. The minimum absolute atomic E-state index is 0.251. The van der Waals surface area contributed by atoms with E-state index in [1.54, 1.807) is 7.11 Å². The molecular formula is C12H17BrN2O2. The summed E-state index contributed by atoms with van der Waals surface area (Å²) in [6, 6.07) is 5.94. The van der Waals surface area contributed by atoms with Gasteiger partial charge in [-0.05, 0) is 46.6 Å². The second kappa shape index (κ2) is 7.29. The summed E-state index contributed by atoms with van der Waals surface area (Å²) in [6.45, 7) is 1.55. The van der Waals surface area contributed by atoms with Crippen molar-refractivity contribution in [2.75, 3.05) is 13.7 Å². The Kier molecular flexibility index (Phi) is 6.00. The Morgan fingerprint density at radius 1 is 1.53 bits per heavy atom. The molecule has 3 N–H and O–H groups in total. The summed E-state index contributed by atoms with van der Waals surface area (Å²) in [6.07, 6.45) is 1.20. The van der Waals surface area contributed by atoms with E-state index in [0.717, 1.165) is 35.3 Å². The summed E-state index contributed by atoms with van der Waals surface area (Å²) in [5.41, 5.74) is 6.21. The monoisotopic (exact) mass is 300 g/mol. The van der Waals surface area contributed by atoms with E-state index in [4.69, 9.17) is 10.5 Å². The molecule has 0 saturated carbocycles. The average Bonchev–Trinajstić information content (AvgIpc) is 2.28. The molecule has 0 saturated heterocycles. The largest absolute Gasteiger partial charge is 0.496 e. The highest BCUT2D eigenvalue weighted by atomic mass is 79.9. The van der Waals surface area contributed by atoms with Crippen LogP contribution in [0.15, 0.2) is 22.7 Å².